The second-order valence-electron chi connectivity index (χ2n) is 10.1. The number of nitrogens with zero attached hydrogens (tertiary/aromatic N) is 4. The number of fused-ring (bicyclic) bond motifs is 1. The number of carbonyl (C=O) groups excluding carboxylic acids is 2. The van der Waals surface area contributed by atoms with E-state index in [1.54, 1.807) is 11.9 Å². The smallest absolute Gasteiger partial charge is 0.272 e. The van der Waals surface area contributed by atoms with Gasteiger partial charge < -0.3 is 25.1 Å². The van der Waals surface area contributed by atoms with E-state index in [0.717, 1.165) is 68.9 Å². The number of aliphatic imine (C=N–C) groups is 1. The molecular weight excluding hydrogens is 430 g/mol. The van der Waals surface area contributed by atoms with Gasteiger partial charge in [0.1, 0.15) is 5.84 Å². The summed E-state index contributed by atoms with van der Waals surface area (Å²) in [4.78, 5) is 37.8. The Balaban J connectivity index is 1.61. The van der Waals surface area contributed by atoms with Gasteiger partial charge >= 0.3 is 0 Å². The molecule has 2 amide bonds. The van der Waals surface area contributed by atoms with Crippen LogP contribution in [0.4, 0.5) is 5.69 Å². The van der Waals surface area contributed by atoms with Gasteiger partial charge in [0.05, 0.1) is 17.7 Å². The van der Waals surface area contributed by atoms with Crippen LogP contribution in [0.2, 0.25) is 0 Å². The minimum atomic E-state index is -1.01. The highest BCUT2D eigenvalue weighted by molar-refractivity contribution is 6.12. The number of benzene rings is 1. The number of nitrogens with one attached hydrogen (secondary N) is 1. The Labute approximate surface area is 203 Å². The first-order valence-corrected chi connectivity index (χ1v) is 12.8. The van der Waals surface area contributed by atoms with Crippen molar-refractivity contribution in [3.63, 3.8) is 0 Å². The highest BCUT2D eigenvalue weighted by Crippen LogP contribution is 2.37. The van der Waals surface area contributed by atoms with Gasteiger partial charge in [-0.05, 0) is 37.9 Å². The summed E-state index contributed by atoms with van der Waals surface area (Å²) in [5.41, 5.74) is 1.69. The minimum absolute atomic E-state index is 0.266. The topological polar surface area (TPSA) is 88.5 Å². The van der Waals surface area contributed by atoms with E-state index < -0.39 is 18.2 Å². The summed E-state index contributed by atoms with van der Waals surface area (Å²) in [5.74, 6) is 0.197. The monoisotopic (exact) mass is 469 g/mol. The van der Waals surface area contributed by atoms with Crippen molar-refractivity contribution < 1.29 is 14.7 Å². The van der Waals surface area contributed by atoms with Crippen LogP contribution in [0.25, 0.3) is 0 Å². The van der Waals surface area contributed by atoms with Gasteiger partial charge in [-0.3, -0.25) is 9.59 Å². The van der Waals surface area contributed by atoms with Crippen LogP contribution in [0.1, 0.15) is 51.0 Å². The van der Waals surface area contributed by atoms with E-state index >= 15 is 0 Å². The molecule has 8 heteroatoms. The van der Waals surface area contributed by atoms with Crippen molar-refractivity contribution in [3.8, 4) is 0 Å². The summed E-state index contributed by atoms with van der Waals surface area (Å²) < 4.78 is 0. The number of benzodiazepines with no additional fused rings is 1. The van der Waals surface area contributed by atoms with E-state index in [-0.39, 0.29) is 11.8 Å². The second-order valence-corrected chi connectivity index (χ2v) is 10.1. The first-order chi connectivity index (χ1) is 16.4. The predicted octanol–water partition coefficient (Wildman–Crippen LogP) is 2.07. The molecule has 1 aromatic rings. The van der Waals surface area contributed by atoms with E-state index in [1.807, 2.05) is 24.3 Å². The van der Waals surface area contributed by atoms with Crippen LogP contribution in [0, 0.1) is 11.8 Å². The predicted molar refractivity (Wildman–Crippen MR) is 134 cm³/mol. The van der Waals surface area contributed by atoms with Crippen LogP contribution in [0.3, 0.4) is 0 Å². The molecule has 0 aromatic heterocycles. The van der Waals surface area contributed by atoms with Crippen LogP contribution in [0.5, 0.6) is 0 Å². The third-order valence-electron chi connectivity index (χ3n) is 7.34. The van der Waals surface area contributed by atoms with Crippen molar-refractivity contribution in [1.82, 2.24) is 15.1 Å². The number of amidine groups is 1. The summed E-state index contributed by atoms with van der Waals surface area (Å²) >= 11 is 0. The SMILES string of the molecule is CCCC[C@H](O)[C@@H](CC1CC1)C(=O)NC1N=C(N2CCN(C)CC2)c2ccccc2N(C)C1=O. The lowest BCUT2D eigenvalue weighted by Crippen LogP contribution is -2.50. The number of aliphatic hydroxyl groups excluding tert-OH is 1. The first-order valence-electron chi connectivity index (χ1n) is 12.8. The lowest BCUT2D eigenvalue weighted by molar-refractivity contribution is -0.133. The van der Waals surface area contributed by atoms with Crippen molar-refractivity contribution in [2.75, 3.05) is 45.2 Å². The van der Waals surface area contributed by atoms with Crippen molar-refractivity contribution in [2.24, 2.45) is 16.8 Å². The van der Waals surface area contributed by atoms with E-state index in [0.29, 0.717) is 18.8 Å². The normalized spacial score (nSPS) is 23.1. The molecule has 0 spiro atoms. The zero-order valence-electron chi connectivity index (χ0n) is 20.7. The number of para-hydroxylation sites is 1. The maximum absolute atomic E-state index is 13.4. The number of anilines is 1. The summed E-state index contributed by atoms with van der Waals surface area (Å²) in [6.45, 7) is 5.52. The van der Waals surface area contributed by atoms with Crippen LogP contribution >= 0.6 is 0 Å². The maximum atomic E-state index is 13.4. The molecule has 2 N–H and O–H groups in total. The molecule has 1 unspecified atom stereocenters. The lowest BCUT2D eigenvalue weighted by atomic mass is 9.91. The molecule has 186 valence electrons. The van der Waals surface area contributed by atoms with Crippen molar-refractivity contribution in [3.05, 3.63) is 29.8 Å². The molecule has 1 aliphatic carbocycles. The third kappa shape index (κ3) is 5.61. The molecule has 1 saturated carbocycles. The summed E-state index contributed by atoms with van der Waals surface area (Å²) in [6, 6.07) is 7.79. The number of carbonyl (C=O) groups is 2. The van der Waals surface area contributed by atoms with Gasteiger partial charge in [0.25, 0.3) is 5.91 Å². The number of hydrogen-bond acceptors (Lipinski definition) is 6. The van der Waals surface area contributed by atoms with Gasteiger partial charge in [0, 0.05) is 38.8 Å². The first kappa shape index (κ1) is 24.7. The highest BCUT2D eigenvalue weighted by Gasteiger charge is 2.37. The Morgan fingerprint density at radius 3 is 2.56 bits per heavy atom. The van der Waals surface area contributed by atoms with Gasteiger partial charge in [0.2, 0.25) is 12.1 Å². The Bertz CT molecular complexity index is 907. The lowest BCUT2D eigenvalue weighted by Gasteiger charge is -2.35. The Morgan fingerprint density at radius 2 is 1.88 bits per heavy atom. The molecule has 8 nitrogen and oxygen atoms in total. The second kappa shape index (κ2) is 10.9. The van der Waals surface area contributed by atoms with Gasteiger partial charge in [-0.2, -0.15) is 0 Å². The van der Waals surface area contributed by atoms with Crippen molar-refractivity contribution >= 4 is 23.3 Å². The number of amides is 2. The van der Waals surface area contributed by atoms with E-state index in [9.17, 15) is 14.7 Å². The standard InChI is InChI=1S/C26H39N5O3/c1-4-5-10-22(32)20(17-18-11-12-18)25(33)28-23-26(34)30(3)21-9-7-6-8-19(21)24(27-23)31-15-13-29(2)14-16-31/h6-9,18,20,22-23,32H,4-5,10-17H2,1-3H3,(H,28,33)/t20-,22+,23?/m1/s1. The number of piperazine rings is 1. The Hall–Kier alpha value is -2.45. The summed E-state index contributed by atoms with van der Waals surface area (Å²) in [5, 5.41) is 13.7. The van der Waals surface area contributed by atoms with E-state index in [4.69, 9.17) is 4.99 Å². The van der Waals surface area contributed by atoms with E-state index in [1.165, 1.54) is 0 Å². The van der Waals surface area contributed by atoms with Gasteiger partial charge in [-0.15, -0.1) is 0 Å². The molecule has 2 aliphatic heterocycles. The van der Waals surface area contributed by atoms with E-state index in [2.05, 4.69) is 29.1 Å². The van der Waals surface area contributed by atoms with Crippen LogP contribution in [-0.4, -0.2) is 85.1 Å². The third-order valence-corrected chi connectivity index (χ3v) is 7.34. The molecule has 3 aliphatic rings. The molecule has 2 heterocycles. The Kier molecular flexibility index (Phi) is 7.88. The number of likely N-dealkylation sites (N-methyl/N-ethyl adjacent to an activating group) is 2. The number of aliphatic hydroxyl groups is 1. The fraction of sp³-hybridized carbons (Fsp3) is 0.654. The molecule has 0 bridgehead atoms. The molecule has 1 aromatic carbocycles. The quantitative estimate of drug-likeness (QED) is 0.609. The molecule has 4 rings (SSSR count). The molecule has 34 heavy (non-hydrogen) atoms. The fourth-order valence-electron chi connectivity index (χ4n) is 4.88. The molecule has 0 radical (unpaired) electrons. The zero-order chi connectivity index (χ0) is 24.2. The molecule has 3 atom stereocenters. The Morgan fingerprint density at radius 1 is 1.18 bits per heavy atom. The largest absolute Gasteiger partial charge is 0.392 e. The molecular formula is C26H39N5O3. The zero-order valence-corrected chi connectivity index (χ0v) is 20.7. The van der Waals surface area contributed by atoms with Crippen molar-refractivity contribution in [2.45, 2.75) is 57.7 Å². The summed E-state index contributed by atoms with van der Waals surface area (Å²) in [7, 11) is 3.84. The highest BCUT2D eigenvalue weighted by atomic mass is 16.3. The van der Waals surface area contributed by atoms with Gasteiger partial charge in [-0.25, -0.2) is 4.99 Å². The number of rotatable bonds is 8. The number of hydrogen-bond donors (Lipinski definition) is 2. The minimum Gasteiger partial charge on any atom is -0.392 e. The average Bonchev–Trinajstić information content (AvgIpc) is 3.68. The van der Waals surface area contributed by atoms with Gasteiger partial charge in [0.15, 0.2) is 0 Å². The maximum Gasteiger partial charge on any atom is 0.272 e. The van der Waals surface area contributed by atoms with Crippen LogP contribution in [0.15, 0.2) is 29.3 Å². The molecule has 1 saturated heterocycles. The van der Waals surface area contributed by atoms with Crippen LogP contribution < -0.4 is 10.2 Å². The molecule has 2 fully saturated rings. The van der Waals surface area contributed by atoms with Crippen molar-refractivity contribution in [1.29, 1.82) is 0 Å². The van der Waals surface area contributed by atoms with Gasteiger partial charge in [-0.1, -0.05) is 44.7 Å². The summed E-state index contributed by atoms with van der Waals surface area (Å²) in [6.07, 6.45) is 3.62. The fourth-order valence-corrected chi connectivity index (χ4v) is 4.88. The average molecular weight is 470 g/mol. The van der Waals surface area contributed by atoms with Crippen LogP contribution in [-0.2, 0) is 9.59 Å². The number of unbranched alkanes of at least 4 members (excludes halogenated alkanes) is 1.